The standard InChI is InChI=1S/C9H7Cl2N/c1-7-8(3-2-6-10)4-5-9(11)12-7/h4-5H,6H2,1H3. The highest BCUT2D eigenvalue weighted by molar-refractivity contribution is 6.29. The average molecular weight is 200 g/mol. The first kappa shape index (κ1) is 9.38. The molecular formula is C9H7Cl2N. The van der Waals surface area contributed by atoms with Gasteiger partial charge in [0.05, 0.1) is 11.6 Å². The molecule has 3 heteroatoms. The number of hydrogen-bond donors (Lipinski definition) is 0. The number of alkyl halides is 1. The van der Waals surface area contributed by atoms with E-state index >= 15 is 0 Å². The van der Waals surface area contributed by atoms with Crippen LogP contribution >= 0.6 is 23.2 Å². The van der Waals surface area contributed by atoms with Crippen molar-refractivity contribution >= 4 is 23.2 Å². The second kappa shape index (κ2) is 4.35. The maximum Gasteiger partial charge on any atom is 0.129 e. The number of rotatable bonds is 0. The molecule has 0 aliphatic rings. The highest BCUT2D eigenvalue weighted by Gasteiger charge is 1.95. The maximum atomic E-state index is 5.67. The average Bonchev–Trinajstić information content (AvgIpc) is 2.03. The van der Waals surface area contributed by atoms with E-state index in [9.17, 15) is 0 Å². The summed E-state index contributed by atoms with van der Waals surface area (Å²) in [5, 5.41) is 0.490. The Bertz CT molecular complexity index is 336. The molecule has 12 heavy (non-hydrogen) atoms. The molecule has 0 amide bonds. The van der Waals surface area contributed by atoms with Gasteiger partial charge in [0.2, 0.25) is 0 Å². The molecule has 0 radical (unpaired) electrons. The summed E-state index contributed by atoms with van der Waals surface area (Å²) in [6, 6.07) is 3.55. The van der Waals surface area contributed by atoms with Gasteiger partial charge in [-0.25, -0.2) is 4.98 Å². The third-order valence-electron chi connectivity index (χ3n) is 1.34. The highest BCUT2D eigenvalue weighted by Crippen LogP contribution is 2.09. The molecule has 1 rings (SSSR count). The summed E-state index contributed by atoms with van der Waals surface area (Å²) in [5.74, 6) is 5.98. The van der Waals surface area contributed by atoms with Gasteiger partial charge in [0.25, 0.3) is 0 Å². The van der Waals surface area contributed by atoms with Crippen molar-refractivity contribution in [1.82, 2.24) is 4.98 Å². The molecule has 1 nitrogen and oxygen atoms in total. The van der Waals surface area contributed by atoms with E-state index in [1.54, 1.807) is 6.07 Å². The van der Waals surface area contributed by atoms with Crippen molar-refractivity contribution in [2.45, 2.75) is 6.92 Å². The molecule has 0 spiro atoms. The van der Waals surface area contributed by atoms with Gasteiger partial charge in [-0.2, -0.15) is 0 Å². The fourth-order valence-corrected chi connectivity index (χ4v) is 1.05. The maximum absolute atomic E-state index is 5.67. The van der Waals surface area contributed by atoms with Gasteiger partial charge in [0.15, 0.2) is 0 Å². The molecule has 0 fully saturated rings. The summed E-state index contributed by atoms with van der Waals surface area (Å²) in [6.45, 7) is 1.87. The molecule has 0 saturated heterocycles. The van der Waals surface area contributed by atoms with Crippen molar-refractivity contribution in [1.29, 1.82) is 0 Å². The molecule has 1 aromatic rings. The van der Waals surface area contributed by atoms with Crippen LogP contribution in [0.15, 0.2) is 12.1 Å². The predicted octanol–water partition coefficient (Wildman–Crippen LogP) is 2.63. The van der Waals surface area contributed by atoms with Crippen LogP contribution in [0.25, 0.3) is 0 Å². The van der Waals surface area contributed by atoms with Crippen LogP contribution in [0.1, 0.15) is 11.3 Å². The van der Waals surface area contributed by atoms with E-state index < -0.39 is 0 Å². The monoisotopic (exact) mass is 199 g/mol. The van der Waals surface area contributed by atoms with Crippen LogP contribution in [0.5, 0.6) is 0 Å². The van der Waals surface area contributed by atoms with Crippen LogP contribution in [0.2, 0.25) is 5.15 Å². The van der Waals surface area contributed by atoms with Crippen LogP contribution in [0.3, 0.4) is 0 Å². The zero-order valence-electron chi connectivity index (χ0n) is 6.56. The Labute approximate surface area is 81.7 Å². The summed E-state index contributed by atoms with van der Waals surface area (Å²) in [4.78, 5) is 4.05. The van der Waals surface area contributed by atoms with Crippen LogP contribution in [0, 0.1) is 18.8 Å². The van der Waals surface area contributed by atoms with Gasteiger partial charge in [-0.15, -0.1) is 11.6 Å². The van der Waals surface area contributed by atoms with Crippen molar-refractivity contribution in [2.24, 2.45) is 0 Å². The topological polar surface area (TPSA) is 12.9 Å². The molecule has 62 valence electrons. The summed E-state index contributed by atoms with van der Waals surface area (Å²) in [5.41, 5.74) is 1.71. The Balaban J connectivity index is 3.01. The van der Waals surface area contributed by atoms with Crippen LogP contribution in [-0.2, 0) is 0 Å². The summed E-state index contributed by atoms with van der Waals surface area (Å²) >= 11 is 11.1. The minimum absolute atomic E-state index is 0.335. The quantitative estimate of drug-likeness (QED) is 0.356. The lowest BCUT2D eigenvalue weighted by atomic mass is 10.2. The number of aromatic nitrogens is 1. The molecule has 0 atom stereocenters. The lowest BCUT2D eigenvalue weighted by molar-refractivity contribution is 1.19. The van der Waals surface area contributed by atoms with Gasteiger partial charge in [-0.05, 0) is 19.1 Å². The fraction of sp³-hybridized carbons (Fsp3) is 0.222. The van der Waals surface area contributed by atoms with Crippen LogP contribution in [0.4, 0.5) is 0 Å². The van der Waals surface area contributed by atoms with Gasteiger partial charge in [-0.3, -0.25) is 0 Å². The Morgan fingerprint density at radius 3 is 2.83 bits per heavy atom. The molecule has 1 heterocycles. The summed E-state index contributed by atoms with van der Waals surface area (Å²) < 4.78 is 0. The first-order valence-corrected chi connectivity index (χ1v) is 4.33. The molecule has 0 aliphatic heterocycles. The molecular weight excluding hydrogens is 193 g/mol. The Morgan fingerprint density at radius 1 is 1.50 bits per heavy atom. The Morgan fingerprint density at radius 2 is 2.25 bits per heavy atom. The van der Waals surface area contributed by atoms with Gasteiger partial charge >= 0.3 is 0 Å². The number of nitrogens with zero attached hydrogens (tertiary/aromatic N) is 1. The van der Waals surface area contributed by atoms with Crippen molar-refractivity contribution < 1.29 is 0 Å². The van der Waals surface area contributed by atoms with Crippen molar-refractivity contribution in [3.05, 3.63) is 28.5 Å². The number of hydrogen-bond acceptors (Lipinski definition) is 1. The van der Waals surface area contributed by atoms with E-state index in [-0.39, 0.29) is 0 Å². The predicted molar refractivity (Wildman–Crippen MR) is 51.6 cm³/mol. The van der Waals surface area contributed by atoms with Crippen molar-refractivity contribution in [3.8, 4) is 11.8 Å². The van der Waals surface area contributed by atoms with E-state index in [0.29, 0.717) is 11.0 Å². The van der Waals surface area contributed by atoms with Crippen molar-refractivity contribution in [3.63, 3.8) is 0 Å². The zero-order chi connectivity index (χ0) is 8.97. The number of pyridine rings is 1. The van der Waals surface area contributed by atoms with Gasteiger partial charge in [-0.1, -0.05) is 23.4 Å². The molecule has 0 bridgehead atoms. The minimum atomic E-state index is 0.335. The van der Waals surface area contributed by atoms with Crippen LogP contribution < -0.4 is 0 Å². The highest BCUT2D eigenvalue weighted by atomic mass is 35.5. The summed E-state index contributed by atoms with van der Waals surface area (Å²) in [6.07, 6.45) is 0. The Hall–Kier alpha value is -0.710. The summed E-state index contributed by atoms with van der Waals surface area (Å²) in [7, 11) is 0. The van der Waals surface area contributed by atoms with Crippen LogP contribution in [-0.4, -0.2) is 10.9 Å². The second-order valence-corrected chi connectivity index (χ2v) is 2.86. The van der Waals surface area contributed by atoms with E-state index in [4.69, 9.17) is 23.2 Å². The molecule has 0 aromatic carbocycles. The lowest BCUT2D eigenvalue weighted by Crippen LogP contribution is -1.87. The first-order valence-electron chi connectivity index (χ1n) is 3.42. The molecule has 0 aliphatic carbocycles. The molecule has 0 N–H and O–H groups in total. The third kappa shape index (κ3) is 2.41. The van der Waals surface area contributed by atoms with E-state index in [0.717, 1.165) is 11.3 Å². The second-order valence-electron chi connectivity index (χ2n) is 2.20. The lowest BCUT2D eigenvalue weighted by Gasteiger charge is -1.95. The van der Waals surface area contributed by atoms with E-state index in [2.05, 4.69) is 16.8 Å². The Kier molecular flexibility index (Phi) is 3.40. The minimum Gasteiger partial charge on any atom is -0.240 e. The fourth-order valence-electron chi connectivity index (χ4n) is 0.791. The van der Waals surface area contributed by atoms with E-state index in [1.807, 2.05) is 13.0 Å². The molecule has 0 saturated carbocycles. The van der Waals surface area contributed by atoms with E-state index in [1.165, 1.54) is 0 Å². The number of halogens is 2. The van der Waals surface area contributed by atoms with Crippen molar-refractivity contribution in [2.75, 3.05) is 5.88 Å². The first-order chi connectivity index (χ1) is 5.74. The normalized spacial score (nSPS) is 8.92. The number of aryl methyl sites for hydroxylation is 1. The van der Waals surface area contributed by atoms with Gasteiger partial charge < -0.3 is 0 Å². The largest absolute Gasteiger partial charge is 0.240 e. The molecule has 0 unspecified atom stereocenters. The SMILES string of the molecule is Cc1nc(Cl)ccc1C#CCCl. The van der Waals surface area contributed by atoms with Gasteiger partial charge in [0.1, 0.15) is 5.15 Å². The smallest absolute Gasteiger partial charge is 0.129 e. The van der Waals surface area contributed by atoms with Gasteiger partial charge in [0, 0.05) is 5.56 Å². The third-order valence-corrected chi connectivity index (χ3v) is 1.69. The zero-order valence-corrected chi connectivity index (χ0v) is 8.08. The molecule has 1 aromatic heterocycles.